The highest BCUT2D eigenvalue weighted by Crippen LogP contribution is 2.60. The highest BCUT2D eigenvalue weighted by atomic mass is 16.3. The van der Waals surface area contributed by atoms with Crippen molar-refractivity contribution in [1.82, 2.24) is 0 Å². The van der Waals surface area contributed by atoms with Gasteiger partial charge in [0.15, 0.2) is 5.78 Å². The van der Waals surface area contributed by atoms with Crippen LogP contribution < -0.4 is 0 Å². The van der Waals surface area contributed by atoms with Crippen molar-refractivity contribution in [3.63, 3.8) is 0 Å². The summed E-state index contributed by atoms with van der Waals surface area (Å²) in [6.07, 6.45) is 13.0. The van der Waals surface area contributed by atoms with Crippen LogP contribution in [0.1, 0.15) is 92.4 Å². The predicted molar refractivity (Wildman–Crippen MR) is 128 cm³/mol. The molecule has 0 unspecified atom stereocenters. The number of ketones is 1. The molecule has 0 aliphatic heterocycles. The molecular weight excluding hydrogens is 384 g/mol. The Morgan fingerprint density at radius 2 is 1.90 bits per heavy atom. The van der Waals surface area contributed by atoms with E-state index in [2.05, 4.69) is 39.5 Å². The summed E-state index contributed by atoms with van der Waals surface area (Å²) in [6, 6.07) is 0. The molecule has 3 heteroatoms. The first-order valence-corrected chi connectivity index (χ1v) is 12.5. The molecular formula is C28H44O3. The zero-order valence-electron chi connectivity index (χ0n) is 20.4. The van der Waals surface area contributed by atoms with Gasteiger partial charge in [0.1, 0.15) is 0 Å². The third-order valence-corrected chi connectivity index (χ3v) is 9.09. The molecule has 6 atom stereocenters. The number of carbonyl (C=O) groups is 1. The lowest BCUT2D eigenvalue weighted by Crippen LogP contribution is -2.36. The first-order chi connectivity index (χ1) is 14.4. The van der Waals surface area contributed by atoms with Crippen molar-refractivity contribution in [1.29, 1.82) is 0 Å². The van der Waals surface area contributed by atoms with E-state index in [1.165, 1.54) is 37.7 Å². The largest absolute Gasteiger partial charge is 0.392 e. The van der Waals surface area contributed by atoms with Crippen LogP contribution >= 0.6 is 0 Å². The second-order valence-electron chi connectivity index (χ2n) is 11.6. The molecule has 3 aliphatic carbocycles. The summed E-state index contributed by atoms with van der Waals surface area (Å²) in [7, 11) is 0. The lowest BCUT2D eigenvalue weighted by molar-refractivity contribution is -0.117. The van der Waals surface area contributed by atoms with Gasteiger partial charge in [0.25, 0.3) is 0 Å². The fourth-order valence-corrected chi connectivity index (χ4v) is 6.62. The van der Waals surface area contributed by atoms with Crippen LogP contribution in [0.15, 0.2) is 35.5 Å². The predicted octanol–water partition coefficient (Wildman–Crippen LogP) is 6.16. The molecule has 3 aliphatic rings. The summed E-state index contributed by atoms with van der Waals surface area (Å²) in [4.78, 5) is 12.1. The van der Waals surface area contributed by atoms with Gasteiger partial charge in [-0.05, 0) is 93.5 Å². The Morgan fingerprint density at radius 3 is 2.58 bits per heavy atom. The fraction of sp³-hybridized carbons (Fsp3) is 0.750. The number of carbonyl (C=O) groups excluding carboxylic acids is 1. The Hall–Kier alpha value is -1.19. The second-order valence-corrected chi connectivity index (χ2v) is 11.6. The van der Waals surface area contributed by atoms with Gasteiger partial charge in [0.2, 0.25) is 0 Å². The number of hydrogen-bond acceptors (Lipinski definition) is 3. The normalized spacial score (nSPS) is 36.7. The highest BCUT2D eigenvalue weighted by molar-refractivity contribution is 6.00. The van der Waals surface area contributed by atoms with Crippen molar-refractivity contribution in [2.24, 2.45) is 29.1 Å². The number of aliphatic hydroxyl groups excluding tert-OH is 1. The van der Waals surface area contributed by atoms with E-state index >= 15 is 0 Å². The highest BCUT2D eigenvalue weighted by Gasteiger charge is 2.50. The van der Waals surface area contributed by atoms with Gasteiger partial charge in [-0.3, -0.25) is 4.79 Å². The van der Waals surface area contributed by atoms with E-state index in [4.69, 9.17) is 0 Å². The zero-order valence-corrected chi connectivity index (χ0v) is 20.4. The van der Waals surface area contributed by atoms with Gasteiger partial charge in [-0.2, -0.15) is 0 Å². The number of allylic oxidation sites excluding steroid dienone is 4. The lowest BCUT2D eigenvalue weighted by atomic mass is 9.60. The minimum Gasteiger partial charge on any atom is -0.392 e. The Morgan fingerprint density at radius 1 is 1.19 bits per heavy atom. The van der Waals surface area contributed by atoms with Crippen molar-refractivity contribution in [2.75, 3.05) is 0 Å². The van der Waals surface area contributed by atoms with Crippen molar-refractivity contribution >= 4 is 5.78 Å². The van der Waals surface area contributed by atoms with E-state index < -0.39 is 11.7 Å². The summed E-state index contributed by atoms with van der Waals surface area (Å²) in [5.74, 6) is 2.32. The van der Waals surface area contributed by atoms with Gasteiger partial charge in [-0.25, -0.2) is 0 Å². The number of rotatable bonds is 6. The monoisotopic (exact) mass is 428 g/mol. The van der Waals surface area contributed by atoms with Crippen molar-refractivity contribution in [3.8, 4) is 0 Å². The van der Waals surface area contributed by atoms with Crippen LogP contribution in [0, 0.1) is 29.1 Å². The van der Waals surface area contributed by atoms with Gasteiger partial charge < -0.3 is 10.2 Å². The minimum absolute atomic E-state index is 0.0214. The van der Waals surface area contributed by atoms with Gasteiger partial charge in [-0.15, -0.1) is 0 Å². The van der Waals surface area contributed by atoms with Gasteiger partial charge in [0, 0.05) is 12.0 Å². The molecule has 0 spiro atoms. The van der Waals surface area contributed by atoms with Crippen LogP contribution in [0.2, 0.25) is 0 Å². The zero-order chi connectivity index (χ0) is 23.0. The fourth-order valence-electron chi connectivity index (χ4n) is 6.62. The lowest BCUT2D eigenvalue weighted by Gasteiger charge is -2.44. The molecule has 0 bridgehead atoms. The first kappa shape index (κ1) is 24.5. The summed E-state index contributed by atoms with van der Waals surface area (Å²) in [5, 5.41) is 20.3. The number of aliphatic hydroxyl groups is 2. The van der Waals surface area contributed by atoms with E-state index in [1.54, 1.807) is 0 Å². The van der Waals surface area contributed by atoms with Crippen molar-refractivity contribution < 1.29 is 15.0 Å². The van der Waals surface area contributed by atoms with Gasteiger partial charge in [0.05, 0.1) is 11.7 Å². The Kier molecular flexibility index (Phi) is 7.38. The van der Waals surface area contributed by atoms with Crippen LogP contribution in [-0.2, 0) is 4.79 Å². The van der Waals surface area contributed by atoms with E-state index in [1.807, 2.05) is 13.8 Å². The van der Waals surface area contributed by atoms with E-state index in [-0.39, 0.29) is 12.2 Å². The Balaban J connectivity index is 1.72. The van der Waals surface area contributed by atoms with E-state index in [9.17, 15) is 15.0 Å². The molecule has 2 N–H and O–H groups in total. The molecule has 0 aromatic rings. The van der Waals surface area contributed by atoms with E-state index in [0.29, 0.717) is 35.2 Å². The van der Waals surface area contributed by atoms with Crippen molar-refractivity contribution in [2.45, 2.75) is 104 Å². The van der Waals surface area contributed by atoms with Crippen LogP contribution in [0.25, 0.3) is 0 Å². The quantitative estimate of drug-likeness (QED) is 0.498. The summed E-state index contributed by atoms with van der Waals surface area (Å²) in [5.41, 5.74) is 2.76. The average Bonchev–Trinajstić information content (AvgIpc) is 3.04. The van der Waals surface area contributed by atoms with Gasteiger partial charge in [-0.1, -0.05) is 51.5 Å². The maximum Gasteiger partial charge on any atom is 0.165 e. The Labute approximate surface area is 189 Å². The number of hydrogen-bond donors (Lipinski definition) is 2. The maximum absolute atomic E-state index is 12.1. The summed E-state index contributed by atoms with van der Waals surface area (Å²) in [6.45, 7) is 14.9. The molecule has 0 radical (unpaired) electrons. The average molecular weight is 429 g/mol. The molecule has 3 rings (SSSR count). The molecule has 0 heterocycles. The van der Waals surface area contributed by atoms with Crippen LogP contribution in [0.5, 0.6) is 0 Å². The topological polar surface area (TPSA) is 57.5 Å². The second kappa shape index (κ2) is 9.35. The molecule has 3 nitrogen and oxygen atoms in total. The van der Waals surface area contributed by atoms with Gasteiger partial charge >= 0.3 is 0 Å². The van der Waals surface area contributed by atoms with E-state index in [0.717, 1.165) is 24.3 Å². The van der Waals surface area contributed by atoms with Crippen LogP contribution in [0.3, 0.4) is 0 Å². The SMILES string of the molecule is C=C1C(=O)C[C@H](O)C/C1=C\C=C1/CCC[C@]2(C)[C@@H]([C@H](C)CC[C@@H](C)C(C)(C)O)CC[C@@H]12. The Bertz CT molecular complexity index is 753. The standard InChI is InChI=1S/C28H44O3/c1-18(9-10-19(2)27(4,5)31)24-13-14-25-21(8-7-15-28(24,25)6)11-12-22-16-23(29)17-26(30)20(22)3/h11-12,18-19,23-25,29,31H,3,7-10,13-17H2,1-2,4-6H3/b21-11+,22-12+/t18-,19-,23-,24-,25+,28-/m1/s1. The molecule has 3 saturated carbocycles. The summed E-state index contributed by atoms with van der Waals surface area (Å²) >= 11 is 0. The third kappa shape index (κ3) is 5.25. The first-order valence-electron chi connectivity index (χ1n) is 12.5. The third-order valence-electron chi connectivity index (χ3n) is 9.09. The smallest absolute Gasteiger partial charge is 0.165 e. The molecule has 0 aromatic heterocycles. The molecule has 31 heavy (non-hydrogen) atoms. The molecule has 3 fully saturated rings. The number of fused-ring (bicyclic) bond motifs is 1. The molecule has 0 aromatic carbocycles. The van der Waals surface area contributed by atoms with Crippen molar-refractivity contribution in [3.05, 3.63) is 35.5 Å². The summed E-state index contributed by atoms with van der Waals surface area (Å²) < 4.78 is 0. The van der Waals surface area contributed by atoms with Crippen LogP contribution in [0.4, 0.5) is 0 Å². The molecule has 0 saturated heterocycles. The maximum atomic E-state index is 12.1. The minimum atomic E-state index is -0.603. The molecule has 174 valence electrons. The van der Waals surface area contributed by atoms with Crippen LogP contribution in [-0.4, -0.2) is 27.7 Å². The number of Topliss-reactive ketones (excluding diaryl/α,β-unsaturated/α-hetero) is 1. The molecule has 0 amide bonds.